The minimum atomic E-state index is 0.270. The molecule has 0 aliphatic carbocycles. The highest BCUT2D eigenvalue weighted by Gasteiger charge is 2.38. The summed E-state index contributed by atoms with van der Waals surface area (Å²) in [4.78, 5) is 5.06. The normalized spacial score (nSPS) is 28.0. The largest absolute Gasteiger partial charge is 0.472 e. The molecule has 0 saturated carbocycles. The number of ether oxygens (including phenoxy) is 2. The van der Waals surface area contributed by atoms with E-state index in [-0.39, 0.29) is 5.41 Å². The molecule has 5 nitrogen and oxygen atoms in total. The Morgan fingerprint density at radius 2 is 2.18 bits per heavy atom. The molecule has 3 heterocycles. The number of rotatable bonds is 5. The molecule has 3 rings (SSSR count). The van der Waals surface area contributed by atoms with E-state index in [0.717, 1.165) is 52.5 Å². The van der Waals surface area contributed by atoms with Crippen LogP contribution in [-0.4, -0.2) is 69.5 Å². The summed E-state index contributed by atoms with van der Waals surface area (Å²) in [5.41, 5.74) is 1.54. The molecule has 22 heavy (non-hydrogen) atoms. The van der Waals surface area contributed by atoms with Crippen molar-refractivity contribution in [3.8, 4) is 0 Å². The van der Waals surface area contributed by atoms with Crippen LogP contribution in [-0.2, 0) is 16.0 Å². The monoisotopic (exact) mass is 308 g/mol. The Morgan fingerprint density at radius 3 is 3.00 bits per heavy atom. The van der Waals surface area contributed by atoms with Crippen molar-refractivity contribution in [1.29, 1.82) is 0 Å². The molecule has 1 spiro atoms. The van der Waals surface area contributed by atoms with Crippen molar-refractivity contribution in [2.75, 3.05) is 59.7 Å². The first kappa shape index (κ1) is 16.0. The van der Waals surface area contributed by atoms with E-state index >= 15 is 0 Å². The number of furan rings is 1. The summed E-state index contributed by atoms with van der Waals surface area (Å²) in [5, 5.41) is 0. The zero-order valence-electron chi connectivity index (χ0n) is 13.6. The van der Waals surface area contributed by atoms with Crippen molar-refractivity contribution in [3.05, 3.63) is 24.2 Å². The second kappa shape index (κ2) is 7.59. The van der Waals surface area contributed by atoms with Gasteiger partial charge in [-0.3, -0.25) is 9.80 Å². The molecule has 2 aliphatic rings. The Balaban J connectivity index is 1.62. The van der Waals surface area contributed by atoms with Crippen LogP contribution < -0.4 is 0 Å². The SMILES string of the molecule is COCCN1CCOC[C@@]2(CCCN(Cc3ccoc3)C2)C1. The summed E-state index contributed by atoms with van der Waals surface area (Å²) >= 11 is 0. The molecule has 2 aliphatic heterocycles. The predicted octanol–water partition coefficient (Wildman–Crippen LogP) is 1.84. The molecule has 0 N–H and O–H groups in total. The van der Waals surface area contributed by atoms with Crippen LogP contribution in [0.3, 0.4) is 0 Å². The third-order valence-corrected chi connectivity index (χ3v) is 4.86. The quantitative estimate of drug-likeness (QED) is 0.830. The molecule has 0 bridgehead atoms. The summed E-state index contributed by atoms with van der Waals surface area (Å²) in [7, 11) is 1.78. The highest BCUT2D eigenvalue weighted by molar-refractivity contribution is 5.05. The summed E-state index contributed by atoms with van der Waals surface area (Å²) in [6.07, 6.45) is 6.13. The van der Waals surface area contributed by atoms with E-state index in [2.05, 4.69) is 15.9 Å². The van der Waals surface area contributed by atoms with Crippen molar-refractivity contribution < 1.29 is 13.9 Å². The maximum Gasteiger partial charge on any atom is 0.0947 e. The lowest BCUT2D eigenvalue weighted by Crippen LogP contribution is -2.50. The fourth-order valence-corrected chi connectivity index (χ4v) is 3.83. The first-order valence-electron chi connectivity index (χ1n) is 8.32. The number of piperidine rings is 1. The van der Waals surface area contributed by atoms with Gasteiger partial charge in [0.05, 0.1) is 32.3 Å². The summed E-state index contributed by atoms with van der Waals surface area (Å²) in [5.74, 6) is 0. The Bertz CT molecular complexity index is 437. The van der Waals surface area contributed by atoms with E-state index in [0.29, 0.717) is 0 Å². The zero-order valence-corrected chi connectivity index (χ0v) is 13.6. The van der Waals surface area contributed by atoms with Crippen molar-refractivity contribution >= 4 is 0 Å². The molecular weight excluding hydrogens is 280 g/mol. The molecule has 0 aromatic carbocycles. The average molecular weight is 308 g/mol. The lowest BCUT2D eigenvalue weighted by molar-refractivity contribution is 0.00159. The lowest BCUT2D eigenvalue weighted by atomic mass is 9.80. The Kier molecular flexibility index (Phi) is 5.52. The fourth-order valence-electron chi connectivity index (χ4n) is 3.83. The van der Waals surface area contributed by atoms with Gasteiger partial charge in [0.15, 0.2) is 0 Å². The predicted molar refractivity (Wildman–Crippen MR) is 84.8 cm³/mol. The minimum absolute atomic E-state index is 0.270. The van der Waals surface area contributed by atoms with Crippen LogP contribution in [0.1, 0.15) is 18.4 Å². The lowest BCUT2D eigenvalue weighted by Gasteiger charge is -2.43. The van der Waals surface area contributed by atoms with Gasteiger partial charge < -0.3 is 13.9 Å². The van der Waals surface area contributed by atoms with Gasteiger partial charge in [0, 0.05) is 50.8 Å². The smallest absolute Gasteiger partial charge is 0.0947 e. The van der Waals surface area contributed by atoms with E-state index in [1.54, 1.807) is 13.4 Å². The Morgan fingerprint density at radius 1 is 1.27 bits per heavy atom. The van der Waals surface area contributed by atoms with Crippen LogP contribution in [0.15, 0.2) is 23.0 Å². The van der Waals surface area contributed by atoms with Gasteiger partial charge in [0.25, 0.3) is 0 Å². The molecule has 124 valence electrons. The van der Waals surface area contributed by atoms with Crippen LogP contribution in [0, 0.1) is 5.41 Å². The molecule has 0 amide bonds. The molecular formula is C17H28N2O3. The van der Waals surface area contributed by atoms with Crippen LogP contribution in [0.5, 0.6) is 0 Å². The van der Waals surface area contributed by atoms with E-state index in [1.165, 1.54) is 24.9 Å². The van der Waals surface area contributed by atoms with Gasteiger partial charge in [-0.25, -0.2) is 0 Å². The number of hydrogen-bond donors (Lipinski definition) is 0. The standard InChI is InChI=1S/C17H28N2O3/c1-20-9-6-18-7-10-22-15-17(13-18)4-2-5-19(14-17)11-16-3-8-21-12-16/h3,8,12H,2,4-7,9-11,13-15H2,1H3/t17-/m0/s1. The van der Waals surface area contributed by atoms with Gasteiger partial charge in [-0.1, -0.05) is 0 Å². The Labute approximate surface area is 133 Å². The molecule has 1 atom stereocenters. The van der Waals surface area contributed by atoms with Gasteiger partial charge in [0.1, 0.15) is 0 Å². The van der Waals surface area contributed by atoms with Crippen LogP contribution in [0.25, 0.3) is 0 Å². The van der Waals surface area contributed by atoms with Crippen LogP contribution >= 0.6 is 0 Å². The van der Waals surface area contributed by atoms with Gasteiger partial charge in [0.2, 0.25) is 0 Å². The maximum absolute atomic E-state index is 5.95. The van der Waals surface area contributed by atoms with E-state index in [1.807, 2.05) is 6.26 Å². The van der Waals surface area contributed by atoms with Crippen molar-refractivity contribution in [2.45, 2.75) is 19.4 Å². The van der Waals surface area contributed by atoms with Crippen molar-refractivity contribution in [3.63, 3.8) is 0 Å². The Hall–Kier alpha value is -0.880. The van der Waals surface area contributed by atoms with E-state index < -0.39 is 0 Å². The number of methoxy groups -OCH3 is 1. The van der Waals surface area contributed by atoms with Gasteiger partial charge in [-0.05, 0) is 25.5 Å². The molecule has 1 aromatic rings. The molecule has 0 unspecified atom stereocenters. The zero-order chi connectivity index (χ0) is 15.3. The fraction of sp³-hybridized carbons (Fsp3) is 0.765. The number of nitrogens with zero attached hydrogens (tertiary/aromatic N) is 2. The number of likely N-dealkylation sites (tertiary alicyclic amines) is 1. The second-order valence-electron chi connectivity index (χ2n) is 6.77. The summed E-state index contributed by atoms with van der Waals surface area (Å²) in [6, 6.07) is 2.07. The molecule has 0 radical (unpaired) electrons. The first-order chi connectivity index (χ1) is 10.8. The van der Waals surface area contributed by atoms with E-state index in [4.69, 9.17) is 13.9 Å². The highest BCUT2D eigenvalue weighted by Crippen LogP contribution is 2.33. The first-order valence-corrected chi connectivity index (χ1v) is 8.32. The van der Waals surface area contributed by atoms with Gasteiger partial charge in [-0.2, -0.15) is 0 Å². The average Bonchev–Trinajstić information content (AvgIpc) is 2.94. The third-order valence-electron chi connectivity index (χ3n) is 4.86. The summed E-state index contributed by atoms with van der Waals surface area (Å²) < 4.78 is 16.4. The topological polar surface area (TPSA) is 38.1 Å². The molecule has 2 saturated heterocycles. The summed E-state index contributed by atoms with van der Waals surface area (Å²) in [6.45, 7) is 8.94. The van der Waals surface area contributed by atoms with E-state index in [9.17, 15) is 0 Å². The highest BCUT2D eigenvalue weighted by atomic mass is 16.5. The van der Waals surface area contributed by atoms with Gasteiger partial charge >= 0.3 is 0 Å². The van der Waals surface area contributed by atoms with Crippen molar-refractivity contribution in [2.24, 2.45) is 5.41 Å². The second-order valence-corrected chi connectivity index (χ2v) is 6.77. The molecule has 2 fully saturated rings. The van der Waals surface area contributed by atoms with Crippen molar-refractivity contribution in [1.82, 2.24) is 9.80 Å². The maximum atomic E-state index is 5.95. The molecule has 5 heteroatoms. The molecule has 1 aromatic heterocycles. The van der Waals surface area contributed by atoms with Gasteiger partial charge in [-0.15, -0.1) is 0 Å². The number of hydrogen-bond acceptors (Lipinski definition) is 5. The minimum Gasteiger partial charge on any atom is -0.472 e. The van der Waals surface area contributed by atoms with Crippen LogP contribution in [0.4, 0.5) is 0 Å². The van der Waals surface area contributed by atoms with Crippen LogP contribution in [0.2, 0.25) is 0 Å². The third kappa shape index (κ3) is 4.10.